The largest absolute Gasteiger partial charge is 0.497 e. The van der Waals surface area contributed by atoms with E-state index in [1.807, 2.05) is 24.3 Å². The minimum Gasteiger partial charge on any atom is -0.497 e. The van der Waals surface area contributed by atoms with Crippen molar-refractivity contribution in [1.29, 1.82) is 0 Å². The molecule has 0 atom stereocenters. The second kappa shape index (κ2) is 10.2. The molecule has 0 spiro atoms. The molecule has 0 saturated carbocycles. The summed E-state index contributed by atoms with van der Waals surface area (Å²) in [5.74, 6) is 2.69. The van der Waals surface area contributed by atoms with Crippen LogP contribution in [0.5, 0.6) is 11.5 Å². The zero-order chi connectivity index (χ0) is 18.0. The normalized spacial score (nSPS) is 15.7. The number of rotatable bonds is 9. The number of hydrogen-bond acceptors (Lipinski definition) is 3. The summed E-state index contributed by atoms with van der Waals surface area (Å²) < 4.78 is 11.0. The van der Waals surface area contributed by atoms with E-state index in [0.717, 1.165) is 30.6 Å². The van der Waals surface area contributed by atoms with Crippen molar-refractivity contribution in [3.63, 3.8) is 0 Å². The molecule has 3 nitrogen and oxygen atoms in total. The summed E-state index contributed by atoms with van der Waals surface area (Å²) in [5, 5.41) is 0. The molecule has 0 unspecified atom stereocenters. The van der Waals surface area contributed by atoms with Crippen LogP contribution in [-0.2, 0) is 6.42 Å². The van der Waals surface area contributed by atoms with Gasteiger partial charge in [0.2, 0.25) is 0 Å². The maximum absolute atomic E-state index is 5.85. The fourth-order valence-corrected chi connectivity index (χ4v) is 3.70. The highest BCUT2D eigenvalue weighted by Gasteiger charge is 2.18. The van der Waals surface area contributed by atoms with E-state index in [1.165, 1.54) is 50.8 Å². The van der Waals surface area contributed by atoms with E-state index >= 15 is 0 Å². The first-order chi connectivity index (χ1) is 12.8. The third-order valence-corrected chi connectivity index (χ3v) is 5.36. The van der Waals surface area contributed by atoms with Gasteiger partial charge in [-0.15, -0.1) is 0 Å². The Morgan fingerprint density at radius 1 is 0.923 bits per heavy atom. The van der Waals surface area contributed by atoms with Gasteiger partial charge in [-0.1, -0.05) is 36.8 Å². The van der Waals surface area contributed by atoms with Gasteiger partial charge in [0.1, 0.15) is 18.1 Å². The molecular weight excluding hydrogens is 322 g/mol. The predicted molar refractivity (Wildman–Crippen MR) is 107 cm³/mol. The second-order valence-corrected chi connectivity index (χ2v) is 7.19. The van der Waals surface area contributed by atoms with Crippen LogP contribution in [0.2, 0.25) is 0 Å². The standard InChI is InChI=1S/C23H31NO2/c1-25-22-10-12-23(13-11-22)26-19-18-24-16-14-21(15-17-24)9-5-8-20-6-3-2-4-7-20/h2-4,6-7,10-13,21H,5,8-9,14-19H2,1H3. The van der Waals surface area contributed by atoms with E-state index in [1.54, 1.807) is 7.11 Å². The average molecular weight is 354 g/mol. The van der Waals surface area contributed by atoms with E-state index in [2.05, 4.69) is 35.2 Å². The van der Waals surface area contributed by atoms with Crippen molar-refractivity contribution in [3.05, 3.63) is 60.2 Å². The lowest BCUT2D eigenvalue weighted by atomic mass is 9.91. The molecule has 3 heteroatoms. The molecule has 0 aromatic heterocycles. The van der Waals surface area contributed by atoms with E-state index in [-0.39, 0.29) is 0 Å². The number of nitrogens with zero attached hydrogens (tertiary/aromatic N) is 1. The molecule has 3 rings (SSSR count). The minimum absolute atomic E-state index is 0.755. The summed E-state index contributed by atoms with van der Waals surface area (Å²) in [4.78, 5) is 2.54. The molecule has 0 radical (unpaired) electrons. The van der Waals surface area contributed by atoms with Crippen molar-refractivity contribution in [1.82, 2.24) is 4.90 Å². The summed E-state index contributed by atoms with van der Waals surface area (Å²) in [7, 11) is 1.68. The van der Waals surface area contributed by atoms with Crippen molar-refractivity contribution in [3.8, 4) is 11.5 Å². The fourth-order valence-electron chi connectivity index (χ4n) is 3.70. The number of aryl methyl sites for hydroxylation is 1. The van der Waals surface area contributed by atoms with Gasteiger partial charge < -0.3 is 9.47 Å². The molecule has 0 N–H and O–H groups in total. The molecule has 26 heavy (non-hydrogen) atoms. The number of likely N-dealkylation sites (tertiary alicyclic amines) is 1. The summed E-state index contributed by atoms with van der Waals surface area (Å²) in [6, 6.07) is 18.7. The van der Waals surface area contributed by atoms with Gasteiger partial charge in [0.15, 0.2) is 0 Å². The zero-order valence-corrected chi connectivity index (χ0v) is 15.9. The third kappa shape index (κ3) is 6.06. The number of ether oxygens (including phenoxy) is 2. The van der Waals surface area contributed by atoms with Gasteiger partial charge >= 0.3 is 0 Å². The lowest BCUT2D eigenvalue weighted by molar-refractivity contribution is 0.150. The average Bonchev–Trinajstić information content (AvgIpc) is 2.70. The maximum atomic E-state index is 5.85. The smallest absolute Gasteiger partial charge is 0.119 e. The Kier molecular flexibility index (Phi) is 7.38. The molecular formula is C23H31NO2. The molecule has 2 aromatic rings. The summed E-state index contributed by atoms with van der Waals surface area (Å²) >= 11 is 0. The highest BCUT2D eigenvalue weighted by atomic mass is 16.5. The third-order valence-electron chi connectivity index (χ3n) is 5.36. The van der Waals surface area contributed by atoms with Crippen LogP contribution in [0.15, 0.2) is 54.6 Å². The lowest BCUT2D eigenvalue weighted by Gasteiger charge is -2.31. The highest BCUT2D eigenvalue weighted by molar-refractivity contribution is 5.31. The number of methoxy groups -OCH3 is 1. The molecule has 1 saturated heterocycles. The van der Waals surface area contributed by atoms with E-state index < -0.39 is 0 Å². The molecule has 2 aromatic carbocycles. The Hall–Kier alpha value is -2.00. The summed E-state index contributed by atoms with van der Waals surface area (Å²) in [6.45, 7) is 4.19. The first-order valence-electron chi connectivity index (χ1n) is 9.86. The van der Waals surface area contributed by atoms with Crippen LogP contribution < -0.4 is 9.47 Å². The van der Waals surface area contributed by atoms with Crippen molar-refractivity contribution in [2.45, 2.75) is 32.1 Å². The van der Waals surface area contributed by atoms with Crippen LogP contribution in [0.3, 0.4) is 0 Å². The van der Waals surface area contributed by atoms with Crippen LogP contribution in [0.1, 0.15) is 31.2 Å². The van der Waals surface area contributed by atoms with Crippen LogP contribution in [0, 0.1) is 5.92 Å². The first-order valence-corrected chi connectivity index (χ1v) is 9.86. The zero-order valence-electron chi connectivity index (χ0n) is 15.9. The van der Waals surface area contributed by atoms with E-state index in [4.69, 9.17) is 9.47 Å². The van der Waals surface area contributed by atoms with Crippen molar-refractivity contribution >= 4 is 0 Å². The lowest BCUT2D eigenvalue weighted by Crippen LogP contribution is -2.36. The first kappa shape index (κ1) is 18.8. The maximum Gasteiger partial charge on any atom is 0.119 e. The highest BCUT2D eigenvalue weighted by Crippen LogP contribution is 2.23. The van der Waals surface area contributed by atoms with Crippen molar-refractivity contribution in [2.24, 2.45) is 5.92 Å². The second-order valence-electron chi connectivity index (χ2n) is 7.19. The van der Waals surface area contributed by atoms with Gasteiger partial charge in [0.25, 0.3) is 0 Å². The monoisotopic (exact) mass is 353 g/mol. The van der Waals surface area contributed by atoms with Gasteiger partial charge in [-0.05, 0) is 74.5 Å². The number of piperidine rings is 1. The topological polar surface area (TPSA) is 21.7 Å². The summed E-state index contributed by atoms with van der Waals surface area (Å²) in [6.07, 6.45) is 6.56. The van der Waals surface area contributed by atoms with E-state index in [9.17, 15) is 0 Å². The molecule has 1 heterocycles. The molecule has 0 bridgehead atoms. The minimum atomic E-state index is 0.755. The predicted octanol–water partition coefficient (Wildman–Crippen LogP) is 4.81. The van der Waals surface area contributed by atoms with Gasteiger partial charge in [0, 0.05) is 6.54 Å². The Bertz CT molecular complexity index is 618. The number of hydrogen-bond donors (Lipinski definition) is 0. The molecule has 1 aliphatic rings. The molecule has 1 aliphatic heterocycles. The van der Waals surface area contributed by atoms with E-state index in [0.29, 0.717) is 0 Å². The Labute approximate surface area is 157 Å². The Balaban J connectivity index is 1.27. The molecule has 140 valence electrons. The van der Waals surface area contributed by atoms with Crippen LogP contribution in [-0.4, -0.2) is 38.3 Å². The van der Waals surface area contributed by atoms with Crippen LogP contribution >= 0.6 is 0 Å². The fraction of sp³-hybridized carbons (Fsp3) is 0.478. The van der Waals surface area contributed by atoms with Crippen LogP contribution in [0.25, 0.3) is 0 Å². The SMILES string of the molecule is COc1ccc(OCCN2CCC(CCCc3ccccc3)CC2)cc1. The van der Waals surface area contributed by atoms with Gasteiger partial charge in [-0.25, -0.2) is 0 Å². The van der Waals surface area contributed by atoms with Gasteiger partial charge in [-0.2, -0.15) is 0 Å². The van der Waals surface area contributed by atoms with Crippen molar-refractivity contribution in [2.75, 3.05) is 33.4 Å². The Morgan fingerprint density at radius 2 is 1.62 bits per heavy atom. The number of benzene rings is 2. The molecule has 1 fully saturated rings. The molecule has 0 aliphatic carbocycles. The quantitative estimate of drug-likeness (QED) is 0.646. The Morgan fingerprint density at radius 3 is 2.31 bits per heavy atom. The van der Waals surface area contributed by atoms with Crippen LogP contribution in [0.4, 0.5) is 0 Å². The molecule has 0 amide bonds. The summed E-state index contributed by atoms with van der Waals surface area (Å²) in [5.41, 5.74) is 1.47. The van der Waals surface area contributed by atoms with Crippen molar-refractivity contribution < 1.29 is 9.47 Å². The van der Waals surface area contributed by atoms with Gasteiger partial charge in [-0.3, -0.25) is 4.90 Å². The van der Waals surface area contributed by atoms with Gasteiger partial charge in [0.05, 0.1) is 7.11 Å².